The van der Waals surface area contributed by atoms with E-state index in [1.165, 1.54) is 11.6 Å². The molecule has 1 aromatic heterocycles. The average Bonchev–Trinajstić information content (AvgIpc) is 3.19. The van der Waals surface area contributed by atoms with Crippen LogP contribution in [-0.2, 0) is 17.8 Å². The Hall–Kier alpha value is -3.54. The van der Waals surface area contributed by atoms with Gasteiger partial charge in [0.15, 0.2) is 0 Å². The van der Waals surface area contributed by atoms with E-state index >= 15 is 0 Å². The summed E-state index contributed by atoms with van der Waals surface area (Å²) in [6.07, 6.45) is 7.64. The Morgan fingerprint density at radius 3 is 2.52 bits per heavy atom. The highest BCUT2D eigenvalue weighted by Gasteiger charge is 2.05. The number of benzene rings is 2. The predicted octanol–water partition coefficient (Wildman–Crippen LogP) is 3.32. The second-order valence-electron chi connectivity index (χ2n) is 6.48. The van der Waals surface area contributed by atoms with Crippen LogP contribution in [0.1, 0.15) is 17.0 Å². The summed E-state index contributed by atoms with van der Waals surface area (Å²) in [5.41, 5.74) is 2.04. The molecule has 2 aromatic carbocycles. The van der Waals surface area contributed by atoms with Crippen molar-refractivity contribution in [3.63, 3.8) is 0 Å². The monoisotopic (exact) mass is 391 g/mol. The predicted molar refractivity (Wildman–Crippen MR) is 113 cm³/mol. The van der Waals surface area contributed by atoms with Gasteiger partial charge < -0.3 is 19.4 Å². The van der Waals surface area contributed by atoms with E-state index in [4.69, 9.17) is 9.47 Å². The first-order valence-corrected chi connectivity index (χ1v) is 9.41. The maximum Gasteiger partial charge on any atom is 0.244 e. The Balaban J connectivity index is 1.52. The molecular weight excluding hydrogens is 366 g/mol. The van der Waals surface area contributed by atoms with E-state index in [0.717, 1.165) is 17.9 Å². The Kier molecular flexibility index (Phi) is 7.05. The molecule has 6 heteroatoms. The zero-order valence-electron chi connectivity index (χ0n) is 16.7. The van der Waals surface area contributed by atoms with Crippen molar-refractivity contribution in [2.45, 2.75) is 13.0 Å². The number of hydrogen-bond donors (Lipinski definition) is 1. The quantitative estimate of drug-likeness (QED) is 0.569. The van der Waals surface area contributed by atoms with Crippen LogP contribution in [0.3, 0.4) is 0 Å². The molecule has 29 heavy (non-hydrogen) atoms. The number of ether oxygens (including phenoxy) is 2. The van der Waals surface area contributed by atoms with Gasteiger partial charge in [0.1, 0.15) is 17.3 Å². The van der Waals surface area contributed by atoms with Crippen LogP contribution in [0.2, 0.25) is 0 Å². The largest absolute Gasteiger partial charge is 0.497 e. The maximum atomic E-state index is 12.1. The smallest absolute Gasteiger partial charge is 0.244 e. The summed E-state index contributed by atoms with van der Waals surface area (Å²) in [5.74, 6) is 2.13. The van der Waals surface area contributed by atoms with Gasteiger partial charge in [0.05, 0.1) is 14.2 Å². The molecule has 0 atom stereocenters. The summed E-state index contributed by atoms with van der Waals surface area (Å²) in [5, 5.41) is 2.90. The number of methoxy groups -OCH3 is 2. The number of rotatable bonds is 9. The molecule has 150 valence electrons. The van der Waals surface area contributed by atoms with Crippen LogP contribution in [0.5, 0.6) is 11.5 Å². The summed E-state index contributed by atoms with van der Waals surface area (Å²) >= 11 is 0. The van der Waals surface area contributed by atoms with Crippen molar-refractivity contribution in [2.75, 3.05) is 20.8 Å². The Labute approximate surface area is 170 Å². The summed E-state index contributed by atoms with van der Waals surface area (Å²) in [6.45, 7) is 1.28. The Bertz CT molecular complexity index is 942. The van der Waals surface area contributed by atoms with Gasteiger partial charge in [-0.15, -0.1) is 0 Å². The summed E-state index contributed by atoms with van der Waals surface area (Å²) < 4.78 is 12.6. The lowest BCUT2D eigenvalue weighted by Gasteiger charge is -2.08. The fourth-order valence-corrected chi connectivity index (χ4v) is 2.95. The Morgan fingerprint density at radius 2 is 1.83 bits per heavy atom. The molecule has 1 amide bonds. The fraction of sp³-hybridized carbons (Fsp3) is 0.217. The van der Waals surface area contributed by atoms with Crippen molar-refractivity contribution in [2.24, 2.45) is 0 Å². The summed E-state index contributed by atoms with van der Waals surface area (Å²) in [7, 11) is 3.19. The first kappa shape index (κ1) is 20.2. The van der Waals surface area contributed by atoms with Gasteiger partial charge in [-0.25, -0.2) is 4.98 Å². The second kappa shape index (κ2) is 10.1. The summed E-state index contributed by atoms with van der Waals surface area (Å²) in [6, 6.07) is 15.7. The van der Waals surface area contributed by atoms with Crippen LogP contribution in [-0.4, -0.2) is 36.2 Å². The molecule has 0 bridgehead atoms. The number of imidazole rings is 1. The number of carbonyl (C=O) groups excluding carboxylic acids is 1. The van der Waals surface area contributed by atoms with Gasteiger partial charge in [0.2, 0.25) is 5.91 Å². The van der Waals surface area contributed by atoms with Gasteiger partial charge in [-0.05, 0) is 29.3 Å². The molecule has 1 N–H and O–H groups in total. The number of aromatic nitrogens is 2. The first-order chi connectivity index (χ1) is 14.2. The van der Waals surface area contributed by atoms with Gasteiger partial charge in [-0.3, -0.25) is 4.79 Å². The first-order valence-electron chi connectivity index (χ1n) is 9.41. The number of hydrogen-bond acceptors (Lipinski definition) is 4. The number of carbonyl (C=O) groups is 1. The van der Waals surface area contributed by atoms with Crippen molar-refractivity contribution in [3.8, 4) is 11.5 Å². The molecule has 0 fully saturated rings. The van der Waals surface area contributed by atoms with Crippen molar-refractivity contribution < 1.29 is 14.3 Å². The standard InChI is InChI=1S/C23H25N3O3/c1-28-20-14-19(15-21(16-20)29-2)8-9-23(27)25-11-10-22-24-12-13-26(22)17-18-6-4-3-5-7-18/h3-9,12-16H,10-11,17H2,1-2H3,(H,25,27)/b9-8+. The average molecular weight is 391 g/mol. The van der Waals surface area contributed by atoms with Crippen molar-refractivity contribution in [3.05, 3.63) is 84.0 Å². The molecule has 0 spiro atoms. The lowest BCUT2D eigenvalue weighted by Crippen LogP contribution is -2.24. The van der Waals surface area contributed by atoms with Crippen LogP contribution in [0, 0.1) is 0 Å². The van der Waals surface area contributed by atoms with Gasteiger partial charge in [-0.2, -0.15) is 0 Å². The molecule has 1 heterocycles. The molecule has 3 aromatic rings. The third-order valence-electron chi connectivity index (χ3n) is 4.45. The number of nitrogens with one attached hydrogen (secondary N) is 1. The van der Waals surface area contributed by atoms with E-state index in [-0.39, 0.29) is 5.91 Å². The SMILES string of the molecule is COc1cc(/C=C/C(=O)NCCc2nccn2Cc2ccccc2)cc(OC)c1. The zero-order chi connectivity index (χ0) is 20.5. The highest BCUT2D eigenvalue weighted by Crippen LogP contribution is 2.23. The highest BCUT2D eigenvalue weighted by atomic mass is 16.5. The lowest BCUT2D eigenvalue weighted by molar-refractivity contribution is -0.116. The molecule has 3 rings (SSSR count). The molecule has 0 radical (unpaired) electrons. The van der Waals surface area contributed by atoms with Crippen LogP contribution in [0.15, 0.2) is 67.0 Å². The molecule has 0 saturated carbocycles. The third-order valence-corrected chi connectivity index (χ3v) is 4.45. The Morgan fingerprint density at radius 1 is 1.10 bits per heavy atom. The second-order valence-corrected chi connectivity index (χ2v) is 6.48. The minimum atomic E-state index is -0.159. The van der Waals surface area contributed by atoms with E-state index in [2.05, 4.69) is 27.0 Å². The van der Waals surface area contributed by atoms with Crippen molar-refractivity contribution in [1.82, 2.24) is 14.9 Å². The van der Waals surface area contributed by atoms with Crippen molar-refractivity contribution >= 4 is 12.0 Å². The molecule has 0 aliphatic heterocycles. The van der Waals surface area contributed by atoms with Gasteiger partial charge in [0, 0.05) is 44.0 Å². The number of nitrogens with zero attached hydrogens (tertiary/aromatic N) is 2. The number of amides is 1. The van der Waals surface area contributed by atoms with Crippen LogP contribution < -0.4 is 14.8 Å². The molecule has 0 aliphatic rings. The molecule has 6 nitrogen and oxygen atoms in total. The molecular formula is C23H25N3O3. The normalized spacial score (nSPS) is 10.8. The van der Waals surface area contributed by atoms with Gasteiger partial charge in [0.25, 0.3) is 0 Å². The third kappa shape index (κ3) is 5.97. The maximum absolute atomic E-state index is 12.1. The molecule has 0 saturated heterocycles. The van der Waals surface area contributed by atoms with E-state index in [1.54, 1.807) is 32.6 Å². The lowest BCUT2D eigenvalue weighted by atomic mass is 10.2. The van der Waals surface area contributed by atoms with E-state index in [1.807, 2.05) is 36.5 Å². The topological polar surface area (TPSA) is 65.4 Å². The van der Waals surface area contributed by atoms with Crippen LogP contribution in [0.25, 0.3) is 6.08 Å². The van der Waals surface area contributed by atoms with E-state index in [0.29, 0.717) is 24.5 Å². The fourth-order valence-electron chi connectivity index (χ4n) is 2.95. The van der Waals surface area contributed by atoms with Gasteiger partial charge >= 0.3 is 0 Å². The van der Waals surface area contributed by atoms with E-state index < -0.39 is 0 Å². The minimum Gasteiger partial charge on any atom is -0.497 e. The highest BCUT2D eigenvalue weighted by molar-refractivity contribution is 5.91. The molecule has 0 unspecified atom stereocenters. The van der Waals surface area contributed by atoms with Gasteiger partial charge in [-0.1, -0.05) is 30.3 Å². The van der Waals surface area contributed by atoms with Crippen molar-refractivity contribution in [1.29, 1.82) is 0 Å². The zero-order valence-corrected chi connectivity index (χ0v) is 16.7. The molecule has 0 aliphatic carbocycles. The summed E-state index contributed by atoms with van der Waals surface area (Å²) in [4.78, 5) is 16.5. The van der Waals surface area contributed by atoms with Crippen LogP contribution in [0.4, 0.5) is 0 Å². The van der Waals surface area contributed by atoms with E-state index in [9.17, 15) is 4.79 Å². The van der Waals surface area contributed by atoms with Crippen LogP contribution >= 0.6 is 0 Å². The minimum absolute atomic E-state index is 0.159.